The Balaban J connectivity index is 0.000000113. The van der Waals surface area contributed by atoms with Gasteiger partial charge in [-0.05, 0) is 235 Å². The van der Waals surface area contributed by atoms with Gasteiger partial charge >= 0.3 is 0 Å². The number of hydrogen-bond donors (Lipinski definition) is 2. The number of ether oxygens (including phenoxy) is 1. The molecule has 570 valence electrons. The van der Waals surface area contributed by atoms with Crippen molar-refractivity contribution in [2.45, 2.75) is 88.1 Å². The summed E-state index contributed by atoms with van der Waals surface area (Å²) in [6, 6.07) is 110. The molecule has 0 spiro atoms. The number of pyridine rings is 4. The van der Waals surface area contributed by atoms with Crippen molar-refractivity contribution in [3.05, 3.63) is 396 Å². The third-order valence-electron chi connectivity index (χ3n) is 19.5. The lowest BCUT2D eigenvalue weighted by atomic mass is 9.99. The first-order valence-corrected chi connectivity index (χ1v) is 40.0. The number of fused-ring (bicyclic) bond motifs is 14. The van der Waals surface area contributed by atoms with E-state index in [-0.39, 0.29) is 0 Å². The highest BCUT2D eigenvalue weighted by Crippen LogP contribution is 2.49. The normalized spacial score (nSPS) is 12.3. The molecule has 6 aliphatic heterocycles. The highest BCUT2D eigenvalue weighted by Gasteiger charge is 2.30. The van der Waals surface area contributed by atoms with E-state index in [0.29, 0.717) is 0 Å². The third-order valence-corrected chi connectivity index (χ3v) is 21.7. The number of anilines is 12. The molecule has 15 aromatic rings. The summed E-state index contributed by atoms with van der Waals surface area (Å²) in [5.41, 5.74) is 29.6. The molecule has 0 atom stereocenters. The van der Waals surface area contributed by atoms with Crippen molar-refractivity contribution in [1.29, 1.82) is 0 Å². The van der Waals surface area contributed by atoms with E-state index in [4.69, 9.17) is 4.74 Å². The van der Waals surface area contributed by atoms with Crippen LogP contribution in [0, 0.1) is 55.4 Å². The first kappa shape index (κ1) is 79.2. The van der Waals surface area contributed by atoms with Crippen LogP contribution in [0.2, 0.25) is 0 Å². The summed E-state index contributed by atoms with van der Waals surface area (Å²) in [6.45, 7) is 19.5. The molecule has 12 nitrogen and oxygen atoms in total. The zero-order chi connectivity index (χ0) is 79.3. The van der Waals surface area contributed by atoms with Crippen molar-refractivity contribution in [2.75, 3.05) is 62.9 Å². The van der Waals surface area contributed by atoms with E-state index in [1.54, 1.807) is 12.4 Å². The van der Waals surface area contributed by atoms with Crippen LogP contribution in [0.15, 0.2) is 360 Å². The molecule has 10 heterocycles. The van der Waals surface area contributed by atoms with E-state index in [0.717, 1.165) is 76.7 Å². The second-order valence-electron chi connectivity index (χ2n) is 28.4. The van der Waals surface area contributed by atoms with Gasteiger partial charge in [0.2, 0.25) is 0 Å². The van der Waals surface area contributed by atoms with Gasteiger partial charge in [0.1, 0.15) is 0 Å². The molecule has 0 aliphatic carbocycles. The Morgan fingerprint density at radius 1 is 0.298 bits per heavy atom. The van der Waals surface area contributed by atoms with E-state index >= 15 is 0 Å². The molecule has 14 heteroatoms. The molecule has 0 fully saturated rings. The van der Waals surface area contributed by atoms with Crippen molar-refractivity contribution in [3.8, 4) is 22.6 Å². The third kappa shape index (κ3) is 20.6. The molecule has 2 bridgehead atoms. The van der Waals surface area contributed by atoms with Gasteiger partial charge in [-0.3, -0.25) is 19.9 Å². The number of aromatic nitrogens is 4. The zero-order valence-corrected chi connectivity index (χ0v) is 68.3. The summed E-state index contributed by atoms with van der Waals surface area (Å²) in [5.74, 6) is 1.76. The minimum Gasteiger partial charge on any atom is -0.453 e. The molecule has 11 aromatic carbocycles. The van der Waals surface area contributed by atoms with Gasteiger partial charge < -0.3 is 39.9 Å². The van der Waals surface area contributed by atoms with Crippen LogP contribution < -0.4 is 39.9 Å². The van der Waals surface area contributed by atoms with Crippen LogP contribution >= 0.6 is 23.5 Å². The fourth-order valence-electron chi connectivity index (χ4n) is 14.0. The fourth-order valence-corrected chi connectivity index (χ4v) is 16.2. The van der Waals surface area contributed by atoms with Crippen molar-refractivity contribution in [2.24, 2.45) is 0 Å². The maximum absolute atomic E-state index is 5.71. The van der Waals surface area contributed by atoms with Crippen molar-refractivity contribution >= 4 is 91.8 Å². The number of para-hydroxylation sites is 12. The predicted molar refractivity (Wildman–Crippen MR) is 481 cm³/mol. The van der Waals surface area contributed by atoms with E-state index in [1.807, 2.05) is 174 Å². The summed E-state index contributed by atoms with van der Waals surface area (Å²) in [7, 11) is 6.35. The van der Waals surface area contributed by atoms with Gasteiger partial charge in [0.15, 0.2) is 11.5 Å². The first-order chi connectivity index (χ1) is 55.5. The Kier molecular flexibility index (Phi) is 26.7. The zero-order valence-electron chi connectivity index (χ0n) is 66.7. The van der Waals surface area contributed by atoms with Crippen LogP contribution in [0.1, 0.15) is 56.3 Å². The molecule has 6 aliphatic rings. The van der Waals surface area contributed by atoms with Crippen LogP contribution in [-0.2, 0) is 13.1 Å². The molecule has 0 amide bonds. The number of nitrogens with zero attached hydrogens (tertiary/aromatic N) is 9. The number of rotatable bonds is 1. The van der Waals surface area contributed by atoms with Gasteiger partial charge in [-0.2, -0.15) is 0 Å². The molecule has 0 saturated heterocycles. The lowest BCUT2D eigenvalue weighted by Crippen LogP contribution is -2.46. The summed E-state index contributed by atoms with van der Waals surface area (Å²) in [5, 5.41) is 6.74. The standard InChI is InChI=1S/C17H18N2.C14H14N2.C13H11NS.C12H9NO.C12H9NS.C11H9N.C8H11N.C7H9N.C6H7N/c1-12-3-5-16-14(7-12)9-18-11-19(16)10-15-8-13(2)4-6-17(15)18;1-15-11-7-3-5-9-13(11)16(2)14-10-6-4-8-12(14)15;1-14-10-6-2-4-8-12(10)15-13-9-5-3-7-11(13)14;2*1-3-7-11-9(5-1)13-10-6-2-4-8-12(10)14-11;1-2-5-10(6-3-1)11-7-4-8-12-9-11;1-6-4-7(2)9-8(3)5-6;1-6-4-3-5-7(2)8-6;1-6-4-2-3-5-7-6/h3-8H,9-11H2,1-2H3;3-10H,1-2H3;2-9H,1H3;2*1-8,13H;1-9H;4-5H,1-3H3;3-5H,1-2H3;2-5H,1H3. The summed E-state index contributed by atoms with van der Waals surface area (Å²) >= 11 is 3.66. The topological polar surface area (TPSA) is 101 Å². The Labute approximate surface area is 681 Å². The number of nitrogens with one attached hydrogen (secondary N) is 2. The average Bonchev–Trinajstić information content (AvgIpc) is 0.771. The molecule has 0 saturated carbocycles. The minimum absolute atomic E-state index is 0.881. The largest absolute Gasteiger partial charge is 0.453 e. The minimum atomic E-state index is 0.881. The SMILES string of the molecule is CN1c2ccccc2N(C)c2ccccc21.CN1c2ccccc2Sc2ccccc21.Cc1cc(C)nc(C)c1.Cc1ccc2c(c1)CN1CN2Cc2cc(C)ccc21.Cc1cccc(C)n1.Cc1ccccn1.c1ccc(-c2cccnc2)cc1.c1ccc2c(c1)Nc1ccccc1O2.c1ccc2c(c1)Nc1ccccc1S2. The average molecular weight is 1530 g/mol. The van der Waals surface area contributed by atoms with E-state index in [9.17, 15) is 0 Å². The highest BCUT2D eigenvalue weighted by molar-refractivity contribution is 8.00. The van der Waals surface area contributed by atoms with Crippen molar-refractivity contribution in [1.82, 2.24) is 19.9 Å². The molecular weight excluding hydrogens is 1440 g/mol. The molecule has 0 radical (unpaired) electrons. The van der Waals surface area contributed by atoms with Crippen molar-refractivity contribution < 1.29 is 4.74 Å². The van der Waals surface area contributed by atoms with Gasteiger partial charge in [0.25, 0.3) is 0 Å². The fraction of sp³-hybridized carbons (Fsp3) is 0.140. The maximum atomic E-state index is 5.71. The Morgan fingerprint density at radius 2 is 0.684 bits per heavy atom. The van der Waals surface area contributed by atoms with Crippen LogP contribution in [0.3, 0.4) is 0 Å². The first-order valence-electron chi connectivity index (χ1n) is 38.4. The quantitative estimate of drug-likeness (QED) is 0.163. The number of benzene rings is 11. The van der Waals surface area contributed by atoms with Gasteiger partial charge in [0, 0.05) is 112 Å². The Bertz CT molecular complexity index is 5120. The van der Waals surface area contributed by atoms with Crippen LogP contribution in [0.5, 0.6) is 11.5 Å². The smallest absolute Gasteiger partial charge is 0.150 e. The molecule has 0 unspecified atom stereocenters. The molecule has 4 aromatic heterocycles. The van der Waals surface area contributed by atoms with Crippen LogP contribution in [0.25, 0.3) is 11.1 Å². The van der Waals surface area contributed by atoms with E-state index < -0.39 is 0 Å². The lowest BCUT2D eigenvalue weighted by molar-refractivity contribution is 0.481. The van der Waals surface area contributed by atoms with Gasteiger partial charge in [-0.15, -0.1) is 0 Å². The van der Waals surface area contributed by atoms with Gasteiger partial charge in [0.05, 0.1) is 63.5 Å². The van der Waals surface area contributed by atoms with E-state index in [2.05, 4.69) is 309 Å². The second-order valence-corrected chi connectivity index (χ2v) is 30.5. The second kappa shape index (κ2) is 38.4. The molecule has 2 N–H and O–H groups in total. The van der Waals surface area contributed by atoms with Gasteiger partial charge in [-0.1, -0.05) is 205 Å². The summed E-state index contributed by atoms with van der Waals surface area (Å²) in [6.07, 6.45) is 5.44. The summed E-state index contributed by atoms with van der Waals surface area (Å²) in [4.78, 5) is 33.4. The Hall–Kier alpha value is -12.9. The maximum Gasteiger partial charge on any atom is 0.150 e. The Morgan fingerprint density at radius 3 is 1.11 bits per heavy atom. The highest BCUT2D eigenvalue weighted by atomic mass is 32.2. The lowest BCUT2D eigenvalue weighted by Gasteiger charge is -2.45. The number of hydrogen-bond acceptors (Lipinski definition) is 14. The molecule has 114 heavy (non-hydrogen) atoms. The molecular formula is C100H97N11OS2. The van der Waals surface area contributed by atoms with E-state index in [1.165, 1.54) is 110 Å². The predicted octanol–water partition coefficient (Wildman–Crippen LogP) is 26.3. The van der Waals surface area contributed by atoms with Crippen LogP contribution in [0.4, 0.5) is 68.2 Å². The summed E-state index contributed by atoms with van der Waals surface area (Å²) < 4.78 is 5.71. The monoisotopic (exact) mass is 1530 g/mol. The number of aryl methyl sites for hydroxylation is 8. The van der Waals surface area contributed by atoms with Gasteiger partial charge in [-0.25, -0.2) is 0 Å². The van der Waals surface area contributed by atoms with Crippen molar-refractivity contribution in [3.63, 3.8) is 0 Å². The molecule has 21 rings (SSSR count). The van der Waals surface area contributed by atoms with Crippen LogP contribution in [-0.4, -0.2) is 47.7 Å².